The highest BCUT2D eigenvalue weighted by molar-refractivity contribution is 5.26. The van der Waals surface area contributed by atoms with Gasteiger partial charge in [0.25, 0.3) is 0 Å². The van der Waals surface area contributed by atoms with Crippen molar-refractivity contribution in [2.24, 2.45) is 0 Å². The first-order valence-corrected chi connectivity index (χ1v) is 6.33. The molecule has 0 N–H and O–H groups in total. The van der Waals surface area contributed by atoms with Crippen LogP contribution >= 0.6 is 0 Å². The summed E-state index contributed by atoms with van der Waals surface area (Å²) >= 11 is 0. The fourth-order valence-electron chi connectivity index (χ4n) is 0.889. The van der Waals surface area contributed by atoms with E-state index in [9.17, 15) is 0 Å². The molecule has 0 saturated heterocycles. The van der Waals surface area contributed by atoms with Crippen molar-refractivity contribution in [3.63, 3.8) is 0 Å². The van der Waals surface area contributed by atoms with Gasteiger partial charge in [-0.05, 0) is 32.9 Å². The molecule has 0 spiro atoms. The Balaban J connectivity index is 0. The van der Waals surface area contributed by atoms with Crippen LogP contribution in [0.5, 0.6) is 5.75 Å². The zero-order valence-corrected chi connectivity index (χ0v) is 12.0. The molecule has 1 nitrogen and oxygen atoms in total. The summed E-state index contributed by atoms with van der Waals surface area (Å²) in [6.07, 6.45) is 1.51. The zero-order chi connectivity index (χ0) is 13.0. The molecule has 0 atom stereocenters. The van der Waals surface area contributed by atoms with Crippen molar-refractivity contribution in [3.8, 4) is 5.75 Å². The topological polar surface area (TPSA) is 9.23 Å². The molecule has 0 heterocycles. The summed E-state index contributed by atoms with van der Waals surface area (Å²) in [6.45, 7) is 14.4. The molecule has 0 radical (unpaired) electrons. The van der Waals surface area contributed by atoms with E-state index in [1.807, 2.05) is 39.8 Å². The minimum atomic E-state index is 0.262. The van der Waals surface area contributed by atoms with Crippen molar-refractivity contribution < 1.29 is 4.74 Å². The summed E-state index contributed by atoms with van der Waals surface area (Å²) in [5.74, 6) is 0.950. The maximum Gasteiger partial charge on any atom is 0.119 e. The van der Waals surface area contributed by atoms with Gasteiger partial charge in [0.1, 0.15) is 5.75 Å². The quantitative estimate of drug-likeness (QED) is 0.668. The number of aryl methyl sites for hydroxylation is 1. The molecule has 1 aromatic rings. The normalized spacial score (nSPS) is 8.50. The van der Waals surface area contributed by atoms with Gasteiger partial charge in [0.05, 0.1) is 6.10 Å². The molecular formula is C15H28O. The number of benzene rings is 1. The van der Waals surface area contributed by atoms with Crippen molar-refractivity contribution in [2.75, 3.05) is 0 Å². The first-order chi connectivity index (χ1) is 7.60. The molecule has 1 aromatic carbocycles. The minimum absolute atomic E-state index is 0.262. The van der Waals surface area contributed by atoms with Crippen LogP contribution in [-0.4, -0.2) is 6.10 Å². The fourth-order valence-corrected chi connectivity index (χ4v) is 0.889. The molecule has 94 valence electrons. The molecule has 0 aliphatic rings. The summed E-state index contributed by atoms with van der Waals surface area (Å²) in [7, 11) is 0. The van der Waals surface area contributed by atoms with E-state index in [2.05, 4.69) is 32.9 Å². The maximum atomic E-state index is 5.47. The first-order valence-electron chi connectivity index (χ1n) is 6.33. The van der Waals surface area contributed by atoms with E-state index in [-0.39, 0.29) is 6.10 Å². The third-order valence-corrected chi connectivity index (χ3v) is 1.39. The van der Waals surface area contributed by atoms with Crippen LogP contribution in [0.3, 0.4) is 0 Å². The second kappa shape index (κ2) is 12.1. The van der Waals surface area contributed by atoms with Gasteiger partial charge >= 0.3 is 0 Å². The monoisotopic (exact) mass is 224 g/mol. The average molecular weight is 224 g/mol. The molecule has 0 aliphatic heterocycles. The van der Waals surface area contributed by atoms with Crippen LogP contribution < -0.4 is 4.74 Å². The molecule has 0 amide bonds. The van der Waals surface area contributed by atoms with Gasteiger partial charge < -0.3 is 4.74 Å². The summed E-state index contributed by atoms with van der Waals surface area (Å²) in [4.78, 5) is 0. The Hall–Kier alpha value is -0.980. The van der Waals surface area contributed by atoms with Crippen LogP contribution in [0, 0.1) is 6.92 Å². The highest BCUT2D eigenvalue weighted by Crippen LogP contribution is 2.12. The van der Waals surface area contributed by atoms with Crippen LogP contribution in [0.25, 0.3) is 0 Å². The Morgan fingerprint density at radius 2 is 1.38 bits per heavy atom. The van der Waals surface area contributed by atoms with Gasteiger partial charge in [0.2, 0.25) is 0 Å². The van der Waals surface area contributed by atoms with Gasteiger partial charge in [-0.15, -0.1) is 0 Å². The highest BCUT2D eigenvalue weighted by atomic mass is 16.5. The molecule has 1 rings (SSSR count). The van der Waals surface area contributed by atoms with Gasteiger partial charge in [0.15, 0.2) is 0 Å². The Labute approximate surface area is 102 Å². The predicted molar refractivity (Wildman–Crippen MR) is 74.3 cm³/mol. The highest BCUT2D eigenvalue weighted by Gasteiger charge is 1.94. The van der Waals surface area contributed by atoms with E-state index >= 15 is 0 Å². The second-order valence-corrected chi connectivity index (χ2v) is 3.69. The van der Waals surface area contributed by atoms with Crippen molar-refractivity contribution >= 4 is 0 Å². The Kier molecular flexibility index (Phi) is 13.2. The molecule has 1 heteroatoms. The van der Waals surface area contributed by atoms with E-state index in [1.165, 1.54) is 12.0 Å². The predicted octanol–water partition coefficient (Wildman–Crippen LogP) is 5.22. The zero-order valence-electron chi connectivity index (χ0n) is 12.0. The Morgan fingerprint density at radius 1 is 1.00 bits per heavy atom. The van der Waals surface area contributed by atoms with E-state index in [0.29, 0.717) is 0 Å². The number of hydrogen-bond donors (Lipinski definition) is 0. The van der Waals surface area contributed by atoms with E-state index in [4.69, 9.17) is 4.74 Å². The van der Waals surface area contributed by atoms with Gasteiger partial charge in [-0.3, -0.25) is 0 Å². The van der Waals surface area contributed by atoms with Gasteiger partial charge in [-0.1, -0.05) is 51.8 Å². The fraction of sp³-hybridized carbons (Fsp3) is 0.600. The lowest BCUT2D eigenvalue weighted by Crippen LogP contribution is -2.05. The largest absolute Gasteiger partial charge is 0.491 e. The van der Waals surface area contributed by atoms with Crippen molar-refractivity contribution in [2.45, 2.75) is 61.0 Å². The van der Waals surface area contributed by atoms with Crippen molar-refractivity contribution in [3.05, 3.63) is 29.8 Å². The molecule has 0 fully saturated rings. The summed E-state index contributed by atoms with van der Waals surface area (Å²) in [6, 6.07) is 8.10. The van der Waals surface area contributed by atoms with E-state index < -0.39 is 0 Å². The number of hydrogen-bond acceptors (Lipinski definition) is 1. The minimum Gasteiger partial charge on any atom is -0.491 e. The molecule has 0 bridgehead atoms. The summed E-state index contributed by atoms with van der Waals surface area (Å²) in [5.41, 5.74) is 1.26. The van der Waals surface area contributed by atoms with Crippen LogP contribution in [0.1, 0.15) is 53.5 Å². The maximum absolute atomic E-state index is 5.47. The Bertz CT molecular complexity index is 224. The van der Waals surface area contributed by atoms with Crippen molar-refractivity contribution in [1.29, 1.82) is 0 Å². The molecule has 0 unspecified atom stereocenters. The standard InChI is InChI=1S/C10H14O.C3H8.C2H6/c1-8(2)11-10-6-4-9(3)5-7-10;1-3-2;1-2/h4-8H,1-3H3;3H2,1-2H3;1-2H3. The van der Waals surface area contributed by atoms with Gasteiger partial charge in [-0.25, -0.2) is 0 Å². The first kappa shape index (κ1) is 17.4. The molecule has 0 saturated carbocycles. The Morgan fingerprint density at radius 3 is 1.69 bits per heavy atom. The third kappa shape index (κ3) is 11.1. The van der Waals surface area contributed by atoms with Crippen LogP contribution in [0.4, 0.5) is 0 Å². The average Bonchev–Trinajstić information content (AvgIpc) is 2.25. The molecule has 16 heavy (non-hydrogen) atoms. The van der Waals surface area contributed by atoms with Crippen LogP contribution in [0.15, 0.2) is 24.3 Å². The lowest BCUT2D eigenvalue weighted by molar-refractivity contribution is 0.242. The lowest BCUT2D eigenvalue weighted by Gasteiger charge is -2.08. The van der Waals surface area contributed by atoms with Crippen molar-refractivity contribution in [1.82, 2.24) is 0 Å². The van der Waals surface area contributed by atoms with E-state index in [0.717, 1.165) is 5.75 Å². The van der Waals surface area contributed by atoms with Gasteiger partial charge in [-0.2, -0.15) is 0 Å². The van der Waals surface area contributed by atoms with Gasteiger partial charge in [0, 0.05) is 0 Å². The third-order valence-electron chi connectivity index (χ3n) is 1.39. The lowest BCUT2D eigenvalue weighted by atomic mass is 10.2. The van der Waals surface area contributed by atoms with Crippen LogP contribution in [0.2, 0.25) is 0 Å². The molecular weight excluding hydrogens is 196 g/mol. The van der Waals surface area contributed by atoms with E-state index in [1.54, 1.807) is 0 Å². The molecule has 0 aromatic heterocycles. The number of ether oxygens (including phenoxy) is 1. The number of rotatable bonds is 2. The summed E-state index contributed by atoms with van der Waals surface area (Å²) < 4.78 is 5.47. The smallest absolute Gasteiger partial charge is 0.119 e. The summed E-state index contributed by atoms with van der Waals surface area (Å²) in [5, 5.41) is 0. The molecule has 0 aliphatic carbocycles. The van der Waals surface area contributed by atoms with Crippen LogP contribution in [-0.2, 0) is 0 Å². The second-order valence-electron chi connectivity index (χ2n) is 3.69. The SMILES string of the molecule is CC.CCC.Cc1ccc(OC(C)C)cc1.